The van der Waals surface area contributed by atoms with E-state index in [1.54, 1.807) is 0 Å². The summed E-state index contributed by atoms with van der Waals surface area (Å²) in [7, 11) is 0. The van der Waals surface area contributed by atoms with Crippen molar-refractivity contribution < 1.29 is 0 Å². The van der Waals surface area contributed by atoms with Gasteiger partial charge in [-0.05, 0) is 43.9 Å². The number of pyridine rings is 1. The van der Waals surface area contributed by atoms with E-state index in [2.05, 4.69) is 45.9 Å². The normalized spacial score (nSPS) is 10.9. The molecule has 1 aromatic heterocycles. The lowest BCUT2D eigenvalue weighted by Crippen LogP contribution is -1.96. The van der Waals surface area contributed by atoms with Crippen LogP contribution >= 0.6 is 0 Å². The lowest BCUT2D eigenvalue weighted by Gasteiger charge is -2.11. The molecule has 0 unspecified atom stereocenters. The van der Waals surface area contributed by atoms with Gasteiger partial charge in [-0.3, -0.25) is 4.98 Å². The second-order valence-electron chi connectivity index (χ2n) is 4.11. The second kappa shape index (κ2) is 3.65. The Kier molecular flexibility index (Phi) is 2.47. The zero-order valence-electron chi connectivity index (χ0n) is 9.89. The number of para-hydroxylation sites is 1. The van der Waals surface area contributed by atoms with Crippen LogP contribution < -0.4 is 0 Å². The summed E-state index contributed by atoms with van der Waals surface area (Å²) < 4.78 is 0. The molecule has 1 heterocycles. The first-order valence-corrected chi connectivity index (χ1v) is 5.50. The lowest BCUT2D eigenvalue weighted by atomic mass is 10.00. The van der Waals surface area contributed by atoms with Gasteiger partial charge in [-0.25, -0.2) is 0 Å². The molecule has 0 bridgehead atoms. The van der Waals surface area contributed by atoms with E-state index in [4.69, 9.17) is 4.98 Å². The molecule has 0 radical (unpaired) electrons. The first kappa shape index (κ1) is 10.2. The van der Waals surface area contributed by atoms with Gasteiger partial charge >= 0.3 is 0 Å². The Labute approximate surface area is 91.2 Å². The van der Waals surface area contributed by atoms with Crippen molar-refractivity contribution in [1.29, 1.82) is 0 Å². The van der Waals surface area contributed by atoms with Crippen molar-refractivity contribution in [3.8, 4) is 0 Å². The summed E-state index contributed by atoms with van der Waals surface area (Å²) in [4.78, 5) is 4.71. The predicted octanol–water partition coefficient (Wildman–Crippen LogP) is 3.72. The quantitative estimate of drug-likeness (QED) is 0.682. The molecule has 1 nitrogen and oxygen atoms in total. The molecule has 0 spiro atoms. The summed E-state index contributed by atoms with van der Waals surface area (Å²) in [5, 5.41) is 1.30. The van der Waals surface area contributed by atoms with Crippen LogP contribution in [-0.4, -0.2) is 4.98 Å². The largest absolute Gasteiger partial charge is 0.253 e. The molecule has 0 fully saturated rings. The van der Waals surface area contributed by atoms with Crippen molar-refractivity contribution in [3.63, 3.8) is 0 Å². The van der Waals surface area contributed by atoms with Crippen LogP contribution in [0.5, 0.6) is 0 Å². The number of aromatic nitrogens is 1. The molecule has 1 aromatic carbocycles. The average molecular weight is 199 g/mol. The third-order valence-electron chi connectivity index (χ3n) is 3.29. The molecular formula is C14H17N. The Morgan fingerprint density at radius 1 is 1.07 bits per heavy atom. The minimum atomic E-state index is 1.05. The van der Waals surface area contributed by atoms with Gasteiger partial charge < -0.3 is 0 Å². The van der Waals surface area contributed by atoms with E-state index < -0.39 is 0 Å². The Hall–Kier alpha value is -1.37. The third kappa shape index (κ3) is 1.52. The smallest absolute Gasteiger partial charge is 0.0739 e. The molecule has 15 heavy (non-hydrogen) atoms. The Balaban J connectivity index is 2.91. The number of rotatable bonds is 1. The maximum atomic E-state index is 4.71. The summed E-state index contributed by atoms with van der Waals surface area (Å²) in [5.41, 5.74) is 6.36. The molecule has 0 aliphatic carbocycles. The van der Waals surface area contributed by atoms with Crippen LogP contribution in [0.3, 0.4) is 0 Å². The predicted molar refractivity (Wildman–Crippen MR) is 65.3 cm³/mol. The Bertz CT molecular complexity index is 512. The molecule has 0 amide bonds. The van der Waals surface area contributed by atoms with Crippen molar-refractivity contribution in [2.45, 2.75) is 34.1 Å². The van der Waals surface area contributed by atoms with E-state index >= 15 is 0 Å². The monoisotopic (exact) mass is 199 g/mol. The first-order valence-electron chi connectivity index (χ1n) is 5.50. The van der Waals surface area contributed by atoms with Crippen LogP contribution in [-0.2, 0) is 6.42 Å². The summed E-state index contributed by atoms with van der Waals surface area (Å²) in [6, 6.07) is 6.47. The minimum Gasteiger partial charge on any atom is -0.253 e. The highest BCUT2D eigenvalue weighted by molar-refractivity contribution is 5.86. The fourth-order valence-electron chi connectivity index (χ4n) is 2.04. The fourth-order valence-corrected chi connectivity index (χ4v) is 2.04. The summed E-state index contributed by atoms with van der Waals surface area (Å²) >= 11 is 0. The number of benzene rings is 1. The molecule has 2 rings (SSSR count). The van der Waals surface area contributed by atoms with Gasteiger partial charge in [-0.1, -0.05) is 25.1 Å². The van der Waals surface area contributed by atoms with E-state index in [1.807, 2.05) is 0 Å². The van der Waals surface area contributed by atoms with Crippen LogP contribution in [0.4, 0.5) is 0 Å². The van der Waals surface area contributed by atoms with Crippen molar-refractivity contribution in [1.82, 2.24) is 4.98 Å². The van der Waals surface area contributed by atoms with Gasteiger partial charge in [0.15, 0.2) is 0 Å². The highest BCUT2D eigenvalue weighted by Crippen LogP contribution is 2.24. The van der Waals surface area contributed by atoms with Gasteiger partial charge in [-0.15, -0.1) is 0 Å². The van der Waals surface area contributed by atoms with Gasteiger partial charge in [0.05, 0.1) is 5.52 Å². The van der Waals surface area contributed by atoms with Crippen LogP contribution in [0.2, 0.25) is 0 Å². The Morgan fingerprint density at radius 3 is 2.47 bits per heavy atom. The zero-order chi connectivity index (χ0) is 11.0. The Morgan fingerprint density at radius 2 is 1.80 bits per heavy atom. The van der Waals surface area contributed by atoms with Crippen molar-refractivity contribution in [2.75, 3.05) is 0 Å². The van der Waals surface area contributed by atoms with Crippen LogP contribution in [0.15, 0.2) is 18.2 Å². The molecule has 0 aliphatic rings. The molecule has 0 N–H and O–H groups in total. The third-order valence-corrected chi connectivity index (χ3v) is 3.29. The van der Waals surface area contributed by atoms with E-state index in [-0.39, 0.29) is 0 Å². The van der Waals surface area contributed by atoms with Crippen LogP contribution in [0.1, 0.15) is 29.3 Å². The molecule has 78 valence electrons. The van der Waals surface area contributed by atoms with Crippen molar-refractivity contribution in [3.05, 3.63) is 40.6 Å². The molecule has 0 saturated heterocycles. The van der Waals surface area contributed by atoms with Crippen LogP contribution in [0.25, 0.3) is 10.9 Å². The molecule has 1 heteroatoms. The summed E-state index contributed by atoms with van der Waals surface area (Å²) in [6.45, 7) is 8.61. The average Bonchev–Trinajstić information content (AvgIpc) is 2.25. The molecular weight excluding hydrogens is 182 g/mol. The number of fused-ring (bicyclic) bond motifs is 1. The van der Waals surface area contributed by atoms with Gasteiger partial charge in [-0.2, -0.15) is 0 Å². The maximum absolute atomic E-state index is 4.71. The molecule has 0 aliphatic heterocycles. The minimum absolute atomic E-state index is 1.05. The number of hydrogen-bond donors (Lipinski definition) is 0. The fraction of sp³-hybridized carbons (Fsp3) is 0.357. The standard InChI is InChI=1S/C14H17N/c1-5-12-7-6-8-13-10(3)9(2)11(4)15-14(12)13/h6-8H,5H2,1-4H3. The van der Waals surface area contributed by atoms with Gasteiger partial charge in [0.25, 0.3) is 0 Å². The van der Waals surface area contributed by atoms with Gasteiger partial charge in [0, 0.05) is 11.1 Å². The molecule has 2 aromatic rings. The number of aryl methyl sites for hydroxylation is 3. The molecule has 0 atom stereocenters. The number of nitrogens with zero attached hydrogens (tertiary/aromatic N) is 1. The second-order valence-corrected chi connectivity index (χ2v) is 4.11. The van der Waals surface area contributed by atoms with Crippen molar-refractivity contribution in [2.24, 2.45) is 0 Å². The van der Waals surface area contributed by atoms with E-state index in [9.17, 15) is 0 Å². The van der Waals surface area contributed by atoms with Gasteiger partial charge in [0.1, 0.15) is 0 Å². The van der Waals surface area contributed by atoms with Crippen LogP contribution in [0, 0.1) is 20.8 Å². The topological polar surface area (TPSA) is 12.9 Å². The maximum Gasteiger partial charge on any atom is 0.0739 e. The highest BCUT2D eigenvalue weighted by atomic mass is 14.7. The highest BCUT2D eigenvalue weighted by Gasteiger charge is 2.07. The SMILES string of the molecule is CCc1cccc2c(C)c(C)c(C)nc12. The summed E-state index contributed by atoms with van der Waals surface area (Å²) in [6.07, 6.45) is 1.05. The van der Waals surface area contributed by atoms with Crippen molar-refractivity contribution >= 4 is 10.9 Å². The number of hydrogen-bond acceptors (Lipinski definition) is 1. The summed E-state index contributed by atoms with van der Waals surface area (Å²) in [5.74, 6) is 0. The van der Waals surface area contributed by atoms with E-state index in [0.29, 0.717) is 0 Å². The van der Waals surface area contributed by atoms with E-state index in [1.165, 1.54) is 27.6 Å². The van der Waals surface area contributed by atoms with E-state index in [0.717, 1.165) is 12.1 Å². The first-order chi connectivity index (χ1) is 7.15. The van der Waals surface area contributed by atoms with Gasteiger partial charge in [0.2, 0.25) is 0 Å². The zero-order valence-corrected chi connectivity index (χ0v) is 9.89. The molecule has 0 saturated carbocycles. The lowest BCUT2D eigenvalue weighted by molar-refractivity contribution is 1.11.